The Morgan fingerprint density at radius 3 is 2.67 bits per heavy atom. The molecule has 0 fully saturated rings. The van der Waals surface area contributed by atoms with Gasteiger partial charge in [0.05, 0.1) is 5.69 Å². The van der Waals surface area contributed by atoms with E-state index >= 15 is 0 Å². The van der Waals surface area contributed by atoms with Gasteiger partial charge < -0.3 is 0 Å². The highest BCUT2D eigenvalue weighted by molar-refractivity contribution is 14.1. The zero-order valence-corrected chi connectivity index (χ0v) is 14.7. The molecule has 0 saturated heterocycles. The van der Waals surface area contributed by atoms with Crippen molar-refractivity contribution in [2.45, 2.75) is 11.1 Å². The predicted octanol–water partition coefficient (Wildman–Crippen LogP) is 4.22. The molecule has 1 heterocycles. The van der Waals surface area contributed by atoms with E-state index in [0.717, 1.165) is 9.13 Å². The van der Waals surface area contributed by atoms with Gasteiger partial charge in [-0.05, 0) is 74.6 Å². The second-order valence-corrected chi connectivity index (χ2v) is 8.51. The minimum atomic E-state index is -3.52. The third-order valence-electron chi connectivity index (χ3n) is 2.27. The summed E-state index contributed by atoms with van der Waals surface area (Å²) in [6.07, 6.45) is 0. The summed E-state index contributed by atoms with van der Waals surface area (Å²) in [5.74, 6) is 0. The molecular weight excluding hydrogens is 449 g/mol. The Labute approximate surface area is 132 Å². The molecule has 1 N–H and O–H groups in total. The molecule has 2 rings (SSSR count). The first-order chi connectivity index (χ1) is 8.40. The minimum absolute atomic E-state index is 0.292. The van der Waals surface area contributed by atoms with Gasteiger partial charge in [0.15, 0.2) is 4.21 Å². The standard InChI is InChI=1S/C11H9BrINO2S2/c1-7-2-3-8(13)6-10(7)14-18(15,16)11-9(12)4-5-17-11/h2-6,14H,1H3. The lowest BCUT2D eigenvalue weighted by Gasteiger charge is -2.10. The minimum Gasteiger partial charge on any atom is -0.279 e. The average molecular weight is 458 g/mol. The molecule has 0 spiro atoms. The second-order valence-electron chi connectivity index (χ2n) is 3.62. The van der Waals surface area contributed by atoms with Crippen molar-refractivity contribution in [3.63, 3.8) is 0 Å². The summed E-state index contributed by atoms with van der Waals surface area (Å²) in [6.45, 7) is 1.87. The normalized spacial score (nSPS) is 11.5. The van der Waals surface area contributed by atoms with Gasteiger partial charge in [-0.15, -0.1) is 11.3 Å². The number of anilines is 1. The number of aryl methyl sites for hydroxylation is 1. The van der Waals surface area contributed by atoms with Crippen LogP contribution in [0.1, 0.15) is 5.56 Å². The number of benzene rings is 1. The fourth-order valence-corrected chi connectivity index (χ4v) is 5.32. The van der Waals surface area contributed by atoms with Crippen LogP contribution in [0, 0.1) is 10.5 Å². The summed E-state index contributed by atoms with van der Waals surface area (Å²) in [4.78, 5) is 0. The van der Waals surface area contributed by atoms with Crippen LogP contribution in [0.5, 0.6) is 0 Å². The maximum absolute atomic E-state index is 12.2. The Hall–Kier alpha value is -0.120. The van der Waals surface area contributed by atoms with E-state index in [1.165, 1.54) is 11.3 Å². The van der Waals surface area contributed by atoms with E-state index in [0.29, 0.717) is 14.4 Å². The first-order valence-electron chi connectivity index (χ1n) is 4.92. The molecule has 0 bridgehead atoms. The molecule has 3 nitrogen and oxygen atoms in total. The van der Waals surface area contributed by atoms with E-state index in [1.54, 1.807) is 11.4 Å². The smallest absolute Gasteiger partial charge is 0.272 e. The summed E-state index contributed by atoms with van der Waals surface area (Å²) < 4.78 is 28.9. The summed E-state index contributed by atoms with van der Waals surface area (Å²) in [5, 5.41) is 1.74. The van der Waals surface area contributed by atoms with Gasteiger partial charge in [0.2, 0.25) is 0 Å². The molecule has 0 aliphatic carbocycles. The van der Waals surface area contributed by atoms with E-state index in [2.05, 4.69) is 43.2 Å². The molecule has 18 heavy (non-hydrogen) atoms. The molecule has 0 aliphatic rings. The average Bonchev–Trinajstić information content (AvgIpc) is 2.70. The van der Waals surface area contributed by atoms with Gasteiger partial charge in [-0.2, -0.15) is 0 Å². The Morgan fingerprint density at radius 1 is 1.33 bits per heavy atom. The quantitative estimate of drug-likeness (QED) is 0.701. The SMILES string of the molecule is Cc1ccc(I)cc1NS(=O)(=O)c1sccc1Br. The van der Waals surface area contributed by atoms with Gasteiger partial charge in [-0.3, -0.25) is 4.72 Å². The van der Waals surface area contributed by atoms with Crippen molar-refractivity contribution in [3.8, 4) is 0 Å². The fraction of sp³-hybridized carbons (Fsp3) is 0.0909. The van der Waals surface area contributed by atoms with E-state index in [9.17, 15) is 8.42 Å². The molecular formula is C11H9BrINO2S2. The number of sulfonamides is 1. The van der Waals surface area contributed by atoms with Crippen molar-refractivity contribution in [1.82, 2.24) is 0 Å². The van der Waals surface area contributed by atoms with Crippen molar-refractivity contribution in [2.75, 3.05) is 4.72 Å². The molecule has 0 atom stereocenters. The molecule has 1 aromatic heterocycles. The fourth-order valence-electron chi connectivity index (χ4n) is 1.37. The summed E-state index contributed by atoms with van der Waals surface area (Å²) >= 11 is 6.58. The topological polar surface area (TPSA) is 46.2 Å². The lowest BCUT2D eigenvalue weighted by molar-refractivity contribution is 0.603. The molecule has 0 amide bonds. The maximum Gasteiger partial charge on any atom is 0.272 e. The number of hydrogen-bond acceptors (Lipinski definition) is 3. The Balaban J connectivity index is 2.40. The third kappa shape index (κ3) is 3.06. The third-order valence-corrected chi connectivity index (χ3v) is 6.98. The van der Waals surface area contributed by atoms with Crippen LogP contribution in [0.25, 0.3) is 0 Å². The Bertz CT molecular complexity index is 682. The maximum atomic E-state index is 12.2. The van der Waals surface area contributed by atoms with Gasteiger partial charge in [0.25, 0.3) is 10.0 Å². The Morgan fingerprint density at radius 2 is 2.06 bits per heavy atom. The monoisotopic (exact) mass is 457 g/mol. The molecule has 96 valence electrons. The first kappa shape index (κ1) is 14.3. The van der Waals surface area contributed by atoms with Crippen molar-refractivity contribution in [2.24, 2.45) is 0 Å². The van der Waals surface area contributed by atoms with Gasteiger partial charge in [-0.25, -0.2) is 8.42 Å². The van der Waals surface area contributed by atoms with Crippen LogP contribution in [-0.4, -0.2) is 8.42 Å². The van der Waals surface area contributed by atoms with Crippen molar-refractivity contribution >= 4 is 65.6 Å². The predicted molar refractivity (Wildman–Crippen MR) is 86.7 cm³/mol. The second kappa shape index (κ2) is 5.48. The molecule has 1 aromatic carbocycles. The van der Waals surface area contributed by atoms with Gasteiger partial charge in [-0.1, -0.05) is 6.07 Å². The van der Waals surface area contributed by atoms with Gasteiger partial charge in [0, 0.05) is 8.04 Å². The van der Waals surface area contributed by atoms with Crippen LogP contribution in [0.3, 0.4) is 0 Å². The van der Waals surface area contributed by atoms with Gasteiger partial charge >= 0.3 is 0 Å². The lowest BCUT2D eigenvalue weighted by Crippen LogP contribution is -2.13. The van der Waals surface area contributed by atoms with Crippen LogP contribution >= 0.6 is 49.9 Å². The molecule has 0 aliphatic heterocycles. The lowest BCUT2D eigenvalue weighted by atomic mass is 10.2. The molecule has 7 heteroatoms. The summed E-state index contributed by atoms with van der Waals surface area (Å²) in [5.41, 5.74) is 1.51. The Kier molecular flexibility index (Phi) is 4.35. The highest BCUT2D eigenvalue weighted by atomic mass is 127. The zero-order valence-electron chi connectivity index (χ0n) is 9.28. The number of thiophene rings is 1. The van der Waals surface area contributed by atoms with E-state index < -0.39 is 10.0 Å². The van der Waals surface area contributed by atoms with E-state index in [1.807, 2.05) is 25.1 Å². The zero-order chi connectivity index (χ0) is 13.3. The first-order valence-corrected chi connectivity index (χ1v) is 9.15. The van der Waals surface area contributed by atoms with E-state index in [4.69, 9.17) is 0 Å². The van der Waals surface area contributed by atoms with Crippen LogP contribution in [0.15, 0.2) is 38.3 Å². The summed E-state index contributed by atoms with van der Waals surface area (Å²) in [6, 6.07) is 7.37. The molecule has 2 aromatic rings. The number of halogens is 2. The van der Waals surface area contributed by atoms with Crippen LogP contribution < -0.4 is 4.72 Å². The number of nitrogens with one attached hydrogen (secondary N) is 1. The number of hydrogen-bond donors (Lipinski definition) is 1. The van der Waals surface area contributed by atoms with Crippen molar-refractivity contribution < 1.29 is 8.42 Å². The van der Waals surface area contributed by atoms with Crippen LogP contribution in [-0.2, 0) is 10.0 Å². The number of rotatable bonds is 3. The molecule has 0 saturated carbocycles. The van der Waals surface area contributed by atoms with Crippen LogP contribution in [0.4, 0.5) is 5.69 Å². The highest BCUT2D eigenvalue weighted by Crippen LogP contribution is 2.30. The van der Waals surface area contributed by atoms with E-state index in [-0.39, 0.29) is 0 Å². The molecule has 0 unspecified atom stereocenters. The van der Waals surface area contributed by atoms with Gasteiger partial charge in [0.1, 0.15) is 0 Å². The van der Waals surface area contributed by atoms with Crippen molar-refractivity contribution in [1.29, 1.82) is 0 Å². The van der Waals surface area contributed by atoms with Crippen LogP contribution in [0.2, 0.25) is 0 Å². The summed E-state index contributed by atoms with van der Waals surface area (Å²) in [7, 11) is -3.52. The largest absolute Gasteiger partial charge is 0.279 e. The highest BCUT2D eigenvalue weighted by Gasteiger charge is 2.19. The molecule has 0 radical (unpaired) electrons. The van der Waals surface area contributed by atoms with Crippen molar-refractivity contribution in [3.05, 3.63) is 43.3 Å².